The highest BCUT2D eigenvalue weighted by molar-refractivity contribution is 7.12. The van der Waals surface area contributed by atoms with E-state index in [1.165, 1.54) is 30.6 Å². The molecule has 0 fully saturated rings. The summed E-state index contributed by atoms with van der Waals surface area (Å²) in [6, 6.07) is 21.5. The topological polar surface area (TPSA) is 78.4 Å². The van der Waals surface area contributed by atoms with Crippen molar-refractivity contribution >= 4 is 28.8 Å². The van der Waals surface area contributed by atoms with Crippen molar-refractivity contribution in [1.82, 2.24) is 5.32 Å². The molecule has 1 heterocycles. The number of para-hydroxylation sites is 1. The standard InChI is InChI=1S/C14H13NO2.C13H21NOS/c16-14(17)13(11-7-3-1-4-8-11)15-12-9-5-2-6-10-12;1-3-11(4-2)7-8-14-10-12(15)13-6-5-9-16-13/h1-10,13,15H,(H,16,17);5-6,9,11,14H,3-4,7-8,10H2,1-2H3. The molecule has 0 saturated heterocycles. The van der Waals surface area contributed by atoms with Crippen LogP contribution >= 0.6 is 11.3 Å². The average molecular weight is 467 g/mol. The maximum Gasteiger partial charge on any atom is 0.330 e. The number of anilines is 1. The van der Waals surface area contributed by atoms with E-state index in [1.807, 2.05) is 66.0 Å². The van der Waals surface area contributed by atoms with Crippen LogP contribution in [0.4, 0.5) is 5.69 Å². The van der Waals surface area contributed by atoms with Crippen molar-refractivity contribution in [2.45, 2.75) is 39.2 Å². The molecular formula is C27H34N2O3S. The molecule has 5 nitrogen and oxygen atoms in total. The van der Waals surface area contributed by atoms with Crippen LogP contribution in [0.5, 0.6) is 0 Å². The first-order chi connectivity index (χ1) is 16.0. The summed E-state index contributed by atoms with van der Waals surface area (Å²) in [5, 5.41) is 17.4. The Morgan fingerprint density at radius 1 is 0.909 bits per heavy atom. The summed E-state index contributed by atoms with van der Waals surface area (Å²) in [6.07, 6.45) is 3.64. The molecule has 3 aromatic rings. The largest absolute Gasteiger partial charge is 0.479 e. The molecule has 1 atom stereocenters. The fraction of sp³-hybridized carbons (Fsp3) is 0.333. The Hall–Kier alpha value is -2.96. The highest BCUT2D eigenvalue weighted by atomic mass is 32.1. The van der Waals surface area contributed by atoms with E-state index in [0.29, 0.717) is 6.54 Å². The van der Waals surface area contributed by atoms with Crippen molar-refractivity contribution in [1.29, 1.82) is 0 Å². The molecule has 0 aliphatic carbocycles. The number of benzene rings is 2. The third-order valence-electron chi connectivity index (χ3n) is 5.43. The zero-order chi connectivity index (χ0) is 23.9. The number of carbonyl (C=O) groups is 2. The lowest BCUT2D eigenvalue weighted by Gasteiger charge is -2.15. The lowest BCUT2D eigenvalue weighted by Crippen LogP contribution is -2.24. The van der Waals surface area contributed by atoms with Crippen molar-refractivity contribution in [2.24, 2.45) is 5.92 Å². The van der Waals surface area contributed by atoms with Gasteiger partial charge in [-0.2, -0.15) is 0 Å². The summed E-state index contributed by atoms with van der Waals surface area (Å²) in [5.74, 6) is 0.115. The first kappa shape index (κ1) is 26.3. The van der Waals surface area contributed by atoms with E-state index in [9.17, 15) is 14.7 Å². The minimum absolute atomic E-state index is 0.208. The van der Waals surface area contributed by atoms with Crippen LogP contribution in [0.2, 0.25) is 0 Å². The van der Waals surface area contributed by atoms with Gasteiger partial charge in [-0.3, -0.25) is 4.79 Å². The SMILES string of the molecule is CCC(CC)CCNCC(=O)c1cccs1.O=C(O)C(Nc1ccccc1)c1ccccc1. The molecule has 0 amide bonds. The molecule has 0 spiro atoms. The van der Waals surface area contributed by atoms with Gasteiger partial charge in [0.05, 0.1) is 11.4 Å². The first-order valence-electron chi connectivity index (χ1n) is 11.4. The number of aliphatic carboxylic acids is 1. The van der Waals surface area contributed by atoms with Crippen LogP contribution in [0.15, 0.2) is 78.2 Å². The lowest BCUT2D eigenvalue weighted by molar-refractivity contribution is -0.138. The molecule has 0 bridgehead atoms. The Morgan fingerprint density at radius 3 is 2.09 bits per heavy atom. The van der Waals surface area contributed by atoms with Gasteiger partial charge in [0.2, 0.25) is 0 Å². The Bertz CT molecular complexity index is 927. The second-order valence-corrected chi connectivity index (χ2v) is 8.69. The van der Waals surface area contributed by atoms with E-state index in [0.717, 1.165) is 28.6 Å². The molecule has 0 radical (unpaired) electrons. The molecule has 3 N–H and O–H groups in total. The number of hydrogen-bond acceptors (Lipinski definition) is 5. The molecule has 0 aliphatic heterocycles. The molecule has 1 unspecified atom stereocenters. The molecule has 33 heavy (non-hydrogen) atoms. The normalized spacial score (nSPS) is 11.4. The van der Waals surface area contributed by atoms with E-state index >= 15 is 0 Å². The second kappa shape index (κ2) is 15.0. The Labute approximate surface area is 200 Å². The highest BCUT2D eigenvalue weighted by Gasteiger charge is 2.18. The molecule has 3 rings (SSSR count). The summed E-state index contributed by atoms with van der Waals surface area (Å²) >= 11 is 1.51. The Morgan fingerprint density at radius 2 is 1.55 bits per heavy atom. The number of carboxylic acids is 1. The second-order valence-electron chi connectivity index (χ2n) is 7.74. The molecular weight excluding hydrogens is 432 g/mol. The smallest absolute Gasteiger partial charge is 0.330 e. The number of rotatable bonds is 12. The van der Waals surface area contributed by atoms with Gasteiger partial charge >= 0.3 is 5.97 Å². The zero-order valence-electron chi connectivity index (χ0n) is 19.4. The summed E-state index contributed by atoms with van der Waals surface area (Å²) in [6.45, 7) is 5.88. The maximum absolute atomic E-state index is 11.6. The molecule has 1 aromatic heterocycles. The average Bonchev–Trinajstić information content (AvgIpc) is 3.39. The third-order valence-corrected chi connectivity index (χ3v) is 6.34. The van der Waals surface area contributed by atoms with Gasteiger partial charge in [0.15, 0.2) is 11.8 Å². The first-order valence-corrected chi connectivity index (χ1v) is 12.3. The van der Waals surface area contributed by atoms with E-state index in [1.54, 1.807) is 12.1 Å². The number of ketones is 1. The highest BCUT2D eigenvalue weighted by Crippen LogP contribution is 2.19. The van der Waals surface area contributed by atoms with Crippen LogP contribution in [0.3, 0.4) is 0 Å². The number of Topliss-reactive ketones (excluding diaryl/α,β-unsaturated/α-hetero) is 1. The van der Waals surface area contributed by atoms with Crippen molar-refractivity contribution in [2.75, 3.05) is 18.4 Å². The van der Waals surface area contributed by atoms with Crippen LogP contribution in [-0.2, 0) is 4.79 Å². The predicted octanol–water partition coefficient (Wildman–Crippen LogP) is 6.27. The number of carboxylic acid groups (broad SMARTS) is 1. The van der Waals surface area contributed by atoms with Gasteiger partial charge in [0.25, 0.3) is 0 Å². The van der Waals surface area contributed by atoms with Gasteiger partial charge in [-0.15, -0.1) is 11.3 Å². The molecule has 2 aromatic carbocycles. The zero-order valence-corrected chi connectivity index (χ0v) is 20.2. The van der Waals surface area contributed by atoms with Gasteiger partial charge in [-0.05, 0) is 48.0 Å². The van der Waals surface area contributed by atoms with Gasteiger partial charge in [-0.1, -0.05) is 81.3 Å². The van der Waals surface area contributed by atoms with E-state index in [4.69, 9.17) is 0 Å². The fourth-order valence-corrected chi connectivity index (χ4v) is 4.03. The number of thiophene rings is 1. The van der Waals surface area contributed by atoms with Crippen molar-refractivity contribution in [3.63, 3.8) is 0 Å². The van der Waals surface area contributed by atoms with Crippen LogP contribution in [-0.4, -0.2) is 29.9 Å². The van der Waals surface area contributed by atoms with Crippen LogP contribution in [0.25, 0.3) is 0 Å². The van der Waals surface area contributed by atoms with Gasteiger partial charge < -0.3 is 15.7 Å². The fourth-order valence-electron chi connectivity index (χ4n) is 3.36. The molecule has 0 aliphatic rings. The number of hydrogen-bond donors (Lipinski definition) is 3. The van der Waals surface area contributed by atoms with E-state index in [2.05, 4.69) is 24.5 Å². The Kier molecular flexibility index (Phi) is 11.9. The Balaban J connectivity index is 0.000000234. The number of nitrogens with one attached hydrogen (secondary N) is 2. The number of carbonyl (C=O) groups excluding carboxylic acids is 1. The quantitative estimate of drug-likeness (QED) is 0.217. The summed E-state index contributed by atoms with van der Waals surface area (Å²) in [5.41, 5.74) is 1.53. The summed E-state index contributed by atoms with van der Waals surface area (Å²) < 4.78 is 0. The third kappa shape index (κ3) is 9.60. The summed E-state index contributed by atoms with van der Waals surface area (Å²) in [4.78, 5) is 23.7. The van der Waals surface area contributed by atoms with E-state index < -0.39 is 12.0 Å². The van der Waals surface area contributed by atoms with Crippen LogP contribution in [0, 0.1) is 5.92 Å². The molecule has 6 heteroatoms. The van der Waals surface area contributed by atoms with E-state index in [-0.39, 0.29) is 5.78 Å². The van der Waals surface area contributed by atoms with Crippen LogP contribution in [0.1, 0.15) is 54.4 Å². The summed E-state index contributed by atoms with van der Waals surface area (Å²) in [7, 11) is 0. The van der Waals surface area contributed by atoms with Gasteiger partial charge in [0, 0.05) is 5.69 Å². The van der Waals surface area contributed by atoms with Crippen molar-refractivity contribution < 1.29 is 14.7 Å². The minimum atomic E-state index is -0.889. The lowest BCUT2D eigenvalue weighted by atomic mass is 10.00. The molecule has 0 saturated carbocycles. The maximum atomic E-state index is 11.6. The van der Waals surface area contributed by atoms with Crippen molar-refractivity contribution in [3.8, 4) is 0 Å². The van der Waals surface area contributed by atoms with Crippen molar-refractivity contribution in [3.05, 3.63) is 88.6 Å². The van der Waals surface area contributed by atoms with Crippen LogP contribution < -0.4 is 10.6 Å². The monoisotopic (exact) mass is 466 g/mol. The predicted molar refractivity (Wildman–Crippen MR) is 137 cm³/mol. The minimum Gasteiger partial charge on any atom is -0.479 e. The molecule has 176 valence electrons. The van der Waals surface area contributed by atoms with Gasteiger partial charge in [-0.25, -0.2) is 4.79 Å². The van der Waals surface area contributed by atoms with Gasteiger partial charge in [0.1, 0.15) is 0 Å².